The maximum Gasteiger partial charge on any atom is 0.342 e. The molecule has 0 bridgehead atoms. The van der Waals surface area contributed by atoms with Crippen molar-refractivity contribution in [1.82, 2.24) is 10.2 Å². The molecule has 1 heterocycles. The van der Waals surface area contributed by atoms with Gasteiger partial charge in [-0.3, -0.25) is 14.7 Å². The van der Waals surface area contributed by atoms with E-state index in [4.69, 9.17) is 4.74 Å². The average molecular weight is 405 g/mol. The summed E-state index contributed by atoms with van der Waals surface area (Å²) in [5, 5.41) is 9.49. The van der Waals surface area contributed by atoms with Crippen LogP contribution in [0.1, 0.15) is 41.5 Å². The molecule has 2 aromatic carbocycles. The van der Waals surface area contributed by atoms with E-state index in [1.54, 1.807) is 24.3 Å². The van der Waals surface area contributed by atoms with Gasteiger partial charge in [-0.25, -0.2) is 4.79 Å². The minimum absolute atomic E-state index is 0.121. The van der Waals surface area contributed by atoms with Crippen LogP contribution in [0.5, 0.6) is 0 Å². The van der Waals surface area contributed by atoms with Crippen molar-refractivity contribution in [3.63, 3.8) is 0 Å². The molecule has 0 atom stereocenters. The van der Waals surface area contributed by atoms with Gasteiger partial charge in [0.15, 0.2) is 12.4 Å². The number of hydrogen-bond acceptors (Lipinski definition) is 5. The Labute approximate surface area is 174 Å². The van der Waals surface area contributed by atoms with E-state index in [1.807, 2.05) is 51.1 Å². The van der Waals surface area contributed by atoms with Gasteiger partial charge in [-0.15, -0.1) is 0 Å². The monoisotopic (exact) mass is 405 g/mol. The first-order chi connectivity index (χ1) is 14.3. The maximum absolute atomic E-state index is 12.4. The van der Waals surface area contributed by atoms with E-state index in [2.05, 4.69) is 15.5 Å². The molecular weight excluding hydrogens is 382 g/mol. The fourth-order valence-corrected chi connectivity index (χ4v) is 2.62. The molecular formula is C23H23N3O4. The highest BCUT2D eigenvalue weighted by Crippen LogP contribution is 2.21. The van der Waals surface area contributed by atoms with Gasteiger partial charge in [-0.05, 0) is 24.3 Å². The van der Waals surface area contributed by atoms with Gasteiger partial charge in [0.05, 0.1) is 11.9 Å². The van der Waals surface area contributed by atoms with Crippen LogP contribution in [0.4, 0.5) is 5.69 Å². The van der Waals surface area contributed by atoms with Crippen LogP contribution >= 0.6 is 0 Å². The number of H-pyrrole nitrogens is 1. The standard InChI is InChI=1S/C23H23N3O4/c1-23(2,3)22(29)25-17-11-9-15(10-12-17)19(27)14-30-21(28)18-13-24-26-20(18)16-7-5-4-6-8-16/h4-13H,14H2,1-3H3,(H,24,26)(H,25,29). The molecule has 154 valence electrons. The number of ketones is 1. The number of nitrogens with zero attached hydrogens (tertiary/aromatic N) is 1. The Morgan fingerprint density at radius 2 is 1.67 bits per heavy atom. The van der Waals surface area contributed by atoms with Crippen molar-refractivity contribution in [3.8, 4) is 11.3 Å². The second kappa shape index (κ2) is 8.73. The molecule has 7 nitrogen and oxygen atoms in total. The van der Waals surface area contributed by atoms with Crippen LogP contribution < -0.4 is 5.32 Å². The average Bonchev–Trinajstić information content (AvgIpc) is 3.22. The third-order valence-corrected chi connectivity index (χ3v) is 4.40. The summed E-state index contributed by atoms with van der Waals surface area (Å²) in [7, 11) is 0. The number of esters is 1. The van der Waals surface area contributed by atoms with Gasteiger partial charge in [0.25, 0.3) is 0 Å². The first-order valence-electron chi connectivity index (χ1n) is 9.46. The molecule has 3 rings (SSSR count). The SMILES string of the molecule is CC(C)(C)C(=O)Nc1ccc(C(=O)COC(=O)c2cn[nH]c2-c2ccccc2)cc1. The number of carbonyl (C=O) groups excluding carboxylic acids is 3. The highest BCUT2D eigenvalue weighted by Gasteiger charge is 2.21. The van der Waals surface area contributed by atoms with E-state index < -0.39 is 18.0 Å². The lowest BCUT2D eigenvalue weighted by molar-refractivity contribution is -0.123. The van der Waals surface area contributed by atoms with Crippen LogP contribution in [0.25, 0.3) is 11.3 Å². The second-order valence-electron chi connectivity index (χ2n) is 7.81. The van der Waals surface area contributed by atoms with Crippen molar-refractivity contribution in [3.05, 3.63) is 71.9 Å². The first-order valence-corrected chi connectivity index (χ1v) is 9.46. The number of Topliss-reactive ketones (excluding diaryl/α,β-unsaturated/α-hetero) is 1. The largest absolute Gasteiger partial charge is 0.454 e. The summed E-state index contributed by atoms with van der Waals surface area (Å²) in [6, 6.07) is 15.7. The maximum atomic E-state index is 12.4. The molecule has 0 saturated heterocycles. The minimum Gasteiger partial charge on any atom is -0.454 e. The Kier molecular flexibility index (Phi) is 6.11. The first kappa shape index (κ1) is 21.0. The van der Waals surface area contributed by atoms with Gasteiger partial charge < -0.3 is 10.1 Å². The van der Waals surface area contributed by atoms with Crippen LogP contribution in [0.3, 0.4) is 0 Å². The summed E-state index contributed by atoms with van der Waals surface area (Å²) in [5.74, 6) is -1.10. The number of benzene rings is 2. The topological polar surface area (TPSA) is 101 Å². The normalized spacial score (nSPS) is 11.0. The summed E-state index contributed by atoms with van der Waals surface area (Å²) in [6.07, 6.45) is 1.38. The molecule has 0 radical (unpaired) electrons. The summed E-state index contributed by atoms with van der Waals surface area (Å²) >= 11 is 0. The second-order valence-corrected chi connectivity index (χ2v) is 7.81. The van der Waals surface area contributed by atoms with Crippen molar-refractivity contribution in [2.75, 3.05) is 11.9 Å². The molecule has 1 aromatic heterocycles. The molecule has 1 amide bonds. The fourth-order valence-electron chi connectivity index (χ4n) is 2.62. The molecule has 0 aliphatic carbocycles. The zero-order valence-corrected chi connectivity index (χ0v) is 17.1. The van der Waals surface area contributed by atoms with Crippen LogP contribution in [0.2, 0.25) is 0 Å². The zero-order chi connectivity index (χ0) is 21.7. The van der Waals surface area contributed by atoms with E-state index in [9.17, 15) is 14.4 Å². The summed E-state index contributed by atoms with van der Waals surface area (Å²) in [5.41, 5.74) is 2.04. The Bertz CT molecular complexity index is 1050. The number of anilines is 1. The Morgan fingerprint density at radius 1 is 1.00 bits per heavy atom. The van der Waals surface area contributed by atoms with Crippen molar-refractivity contribution in [1.29, 1.82) is 0 Å². The van der Waals surface area contributed by atoms with Gasteiger partial charge in [-0.1, -0.05) is 51.1 Å². The molecule has 2 N–H and O–H groups in total. The Hall–Kier alpha value is -3.74. The van der Waals surface area contributed by atoms with E-state index >= 15 is 0 Å². The minimum atomic E-state index is -0.634. The highest BCUT2D eigenvalue weighted by atomic mass is 16.5. The lowest BCUT2D eigenvalue weighted by Gasteiger charge is -2.17. The molecule has 0 unspecified atom stereocenters. The van der Waals surface area contributed by atoms with E-state index in [1.165, 1.54) is 6.20 Å². The van der Waals surface area contributed by atoms with Crippen molar-refractivity contribution < 1.29 is 19.1 Å². The fraction of sp³-hybridized carbons (Fsp3) is 0.217. The van der Waals surface area contributed by atoms with Crippen LogP contribution in [0, 0.1) is 5.41 Å². The molecule has 0 fully saturated rings. The molecule has 0 saturated carbocycles. The van der Waals surface area contributed by atoms with Crippen molar-refractivity contribution >= 4 is 23.3 Å². The molecule has 0 aliphatic rings. The van der Waals surface area contributed by atoms with Crippen molar-refractivity contribution in [2.24, 2.45) is 5.41 Å². The smallest absolute Gasteiger partial charge is 0.342 e. The number of aromatic nitrogens is 2. The summed E-state index contributed by atoms with van der Waals surface area (Å²) in [6.45, 7) is 5.05. The van der Waals surface area contributed by atoms with Crippen LogP contribution in [-0.2, 0) is 9.53 Å². The van der Waals surface area contributed by atoms with Crippen molar-refractivity contribution in [2.45, 2.75) is 20.8 Å². The van der Waals surface area contributed by atoms with Crippen LogP contribution in [-0.4, -0.2) is 34.5 Å². The Morgan fingerprint density at radius 3 is 2.30 bits per heavy atom. The lowest BCUT2D eigenvalue weighted by Crippen LogP contribution is -2.27. The number of nitrogens with one attached hydrogen (secondary N) is 2. The number of aromatic amines is 1. The predicted octanol–water partition coefficient (Wildman–Crippen LogP) is 4.10. The highest BCUT2D eigenvalue weighted by molar-refractivity contribution is 6.01. The number of carbonyl (C=O) groups is 3. The van der Waals surface area contributed by atoms with E-state index in [0.717, 1.165) is 5.56 Å². The number of rotatable bonds is 6. The van der Waals surface area contributed by atoms with Gasteiger partial charge in [-0.2, -0.15) is 5.10 Å². The quantitative estimate of drug-likeness (QED) is 0.475. The van der Waals surface area contributed by atoms with Gasteiger partial charge in [0.1, 0.15) is 5.56 Å². The van der Waals surface area contributed by atoms with Gasteiger partial charge in [0.2, 0.25) is 5.91 Å². The summed E-state index contributed by atoms with van der Waals surface area (Å²) in [4.78, 5) is 36.8. The molecule has 7 heteroatoms. The van der Waals surface area contributed by atoms with E-state index in [0.29, 0.717) is 16.9 Å². The number of ether oxygens (including phenoxy) is 1. The molecule has 0 spiro atoms. The Balaban J connectivity index is 1.61. The molecule has 0 aliphatic heterocycles. The van der Waals surface area contributed by atoms with Crippen LogP contribution in [0.15, 0.2) is 60.8 Å². The number of amides is 1. The van der Waals surface area contributed by atoms with E-state index in [-0.39, 0.29) is 17.3 Å². The third-order valence-electron chi connectivity index (χ3n) is 4.40. The van der Waals surface area contributed by atoms with Gasteiger partial charge in [0, 0.05) is 22.2 Å². The predicted molar refractivity (Wildman–Crippen MR) is 113 cm³/mol. The molecule has 30 heavy (non-hydrogen) atoms. The van der Waals surface area contributed by atoms with Gasteiger partial charge >= 0.3 is 5.97 Å². The zero-order valence-electron chi connectivity index (χ0n) is 17.1. The number of hydrogen-bond donors (Lipinski definition) is 2. The molecule has 3 aromatic rings. The summed E-state index contributed by atoms with van der Waals surface area (Å²) < 4.78 is 5.19. The third kappa shape index (κ3) is 5.00. The lowest BCUT2D eigenvalue weighted by atomic mass is 9.95.